The molecule has 0 atom stereocenters. The highest BCUT2D eigenvalue weighted by molar-refractivity contribution is 6.31. The van der Waals surface area contributed by atoms with E-state index in [1.54, 1.807) is 25.3 Å². The molecule has 1 N–H and O–H groups in total. The van der Waals surface area contributed by atoms with Crippen LogP contribution in [0.15, 0.2) is 47.6 Å². The zero-order valence-electron chi connectivity index (χ0n) is 12.9. The third-order valence-electron chi connectivity index (χ3n) is 3.03. The normalized spacial score (nSPS) is 10.6. The number of benzene rings is 2. The van der Waals surface area contributed by atoms with Gasteiger partial charge >= 0.3 is 0 Å². The van der Waals surface area contributed by atoms with E-state index in [0.29, 0.717) is 16.5 Å². The molecule has 0 heterocycles. The summed E-state index contributed by atoms with van der Waals surface area (Å²) in [5.41, 5.74) is 4.06. The lowest BCUT2D eigenvalue weighted by Gasteiger charge is -2.07. The molecule has 0 bridgehead atoms. The summed E-state index contributed by atoms with van der Waals surface area (Å²) >= 11 is 5.93. The van der Waals surface area contributed by atoms with E-state index in [1.165, 1.54) is 6.21 Å². The van der Waals surface area contributed by atoms with E-state index in [-0.39, 0.29) is 12.5 Å². The summed E-state index contributed by atoms with van der Waals surface area (Å²) < 4.78 is 10.6. The minimum Gasteiger partial charge on any atom is -0.496 e. The highest BCUT2D eigenvalue weighted by Crippen LogP contribution is 2.20. The molecule has 2 aromatic carbocycles. The van der Waals surface area contributed by atoms with Crippen molar-refractivity contribution in [3.8, 4) is 11.5 Å². The molecule has 0 fully saturated rings. The fourth-order valence-corrected chi connectivity index (χ4v) is 1.95. The van der Waals surface area contributed by atoms with Gasteiger partial charge in [0.25, 0.3) is 5.91 Å². The fraction of sp³-hybridized carbons (Fsp3) is 0.176. The van der Waals surface area contributed by atoms with Gasteiger partial charge in [0.1, 0.15) is 11.5 Å². The number of carbonyl (C=O) groups excluding carboxylic acids is 1. The van der Waals surface area contributed by atoms with E-state index in [2.05, 4.69) is 10.5 Å². The summed E-state index contributed by atoms with van der Waals surface area (Å²) in [5, 5.41) is 4.54. The number of aryl methyl sites for hydroxylation is 1. The van der Waals surface area contributed by atoms with Crippen molar-refractivity contribution in [2.24, 2.45) is 5.10 Å². The Morgan fingerprint density at radius 2 is 2.09 bits per heavy atom. The van der Waals surface area contributed by atoms with Crippen LogP contribution in [0.25, 0.3) is 0 Å². The second kappa shape index (κ2) is 8.19. The van der Waals surface area contributed by atoms with Gasteiger partial charge in [-0.15, -0.1) is 0 Å². The lowest BCUT2D eigenvalue weighted by molar-refractivity contribution is -0.123. The van der Waals surface area contributed by atoms with Crippen LogP contribution in [0.1, 0.15) is 11.1 Å². The average Bonchev–Trinajstić information content (AvgIpc) is 2.56. The number of ether oxygens (including phenoxy) is 2. The number of hydrogen-bond donors (Lipinski definition) is 1. The first-order valence-corrected chi connectivity index (χ1v) is 7.32. The number of para-hydroxylation sites is 1. The molecule has 0 saturated heterocycles. The van der Waals surface area contributed by atoms with Crippen LogP contribution in [-0.2, 0) is 4.79 Å². The molecular weight excluding hydrogens is 316 g/mol. The van der Waals surface area contributed by atoms with E-state index in [1.807, 2.05) is 31.2 Å². The largest absolute Gasteiger partial charge is 0.496 e. The van der Waals surface area contributed by atoms with Gasteiger partial charge in [-0.25, -0.2) is 5.43 Å². The molecular formula is C17H17ClN2O3. The molecule has 0 aliphatic carbocycles. The molecule has 120 valence electrons. The van der Waals surface area contributed by atoms with Gasteiger partial charge < -0.3 is 9.47 Å². The zero-order chi connectivity index (χ0) is 16.7. The molecule has 23 heavy (non-hydrogen) atoms. The number of amides is 1. The van der Waals surface area contributed by atoms with Crippen molar-refractivity contribution in [2.75, 3.05) is 13.7 Å². The number of hydrazone groups is 1. The van der Waals surface area contributed by atoms with Gasteiger partial charge in [-0.05, 0) is 42.8 Å². The Labute approximate surface area is 139 Å². The van der Waals surface area contributed by atoms with E-state index < -0.39 is 0 Å². The number of halogens is 1. The Bertz CT molecular complexity index is 717. The number of rotatable bonds is 6. The van der Waals surface area contributed by atoms with E-state index in [9.17, 15) is 4.79 Å². The lowest BCUT2D eigenvalue weighted by atomic mass is 10.2. The van der Waals surface area contributed by atoms with Crippen molar-refractivity contribution in [1.29, 1.82) is 0 Å². The highest BCUT2D eigenvalue weighted by Gasteiger charge is 2.03. The standard InChI is InChI=1S/C17H17ClN2O3/c1-12-9-14(7-8-15(12)18)23-11-17(21)20-19-10-13-5-3-4-6-16(13)22-2/h3-10H,11H2,1-2H3,(H,20,21). The molecule has 0 unspecified atom stereocenters. The van der Waals surface area contributed by atoms with Gasteiger partial charge in [0.05, 0.1) is 13.3 Å². The molecule has 5 nitrogen and oxygen atoms in total. The first kappa shape index (κ1) is 16.8. The maximum atomic E-state index is 11.7. The molecule has 2 aromatic rings. The van der Waals surface area contributed by atoms with Gasteiger partial charge in [-0.1, -0.05) is 23.7 Å². The highest BCUT2D eigenvalue weighted by atomic mass is 35.5. The maximum absolute atomic E-state index is 11.7. The Hall–Kier alpha value is -2.53. The first-order chi connectivity index (χ1) is 11.1. The summed E-state index contributed by atoms with van der Waals surface area (Å²) in [6.07, 6.45) is 1.52. The number of nitrogens with one attached hydrogen (secondary N) is 1. The van der Waals surface area contributed by atoms with E-state index in [0.717, 1.165) is 11.1 Å². The van der Waals surface area contributed by atoms with Gasteiger partial charge in [0.2, 0.25) is 0 Å². The second-order valence-corrected chi connectivity index (χ2v) is 5.14. The van der Waals surface area contributed by atoms with Crippen LogP contribution in [0.5, 0.6) is 11.5 Å². The van der Waals surface area contributed by atoms with Crippen LogP contribution in [0, 0.1) is 6.92 Å². The molecule has 0 aromatic heterocycles. The van der Waals surface area contributed by atoms with Crippen molar-refractivity contribution in [1.82, 2.24) is 5.43 Å². The molecule has 0 saturated carbocycles. The minimum atomic E-state index is -0.358. The lowest BCUT2D eigenvalue weighted by Crippen LogP contribution is -2.24. The van der Waals surface area contributed by atoms with Gasteiger partial charge in [0, 0.05) is 10.6 Å². The summed E-state index contributed by atoms with van der Waals surface area (Å²) in [7, 11) is 1.58. The number of hydrogen-bond acceptors (Lipinski definition) is 4. The van der Waals surface area contributed by atoms with Crippen LogP contribution in [-0.4, -0.2) is 25.8 Å². The predicted molar refractivity (Wildman–Crippen MR) is 90.4 cm³/mol. The number of nitrogens with zero attached hydrogens (tertiary/aromatic N) is 1. The number of carbonyl (C=O) groups is 1. The molecule has 1 amide bonds. The number of methoxy groups -OCH3 is 1. The molecule has 0 spiro atoms. The third-order valence-corrected chi connectivity index (χ3v) is 3.46. The van der Waals surface area contributed by atoms with Gasteiger partial charge in [0.15, 0.2) is 6.61 Å². The predicted octanol–water partition coefficient (Wildman–Crippen LogP) is 3.19. The Kier molecular flexibility index (Phi) is 6.00. The monoisotopic (exact) mass is 332 g/mol. The summed E-state index contributed by atoms with van der Waals surface area (Å²) in [6.45, 7) is 1.73. The van der Waals surface area contributed by atoms with Crippen LogP contribution in [0.2, 0.25) is 5.02 Å². The second-order valence-electron chi connectivity index (χ2n) is 4.73. The zero-order valence-corrected chi connectivity index (χ0v) is 13.6. The molecule has 0 aliphatic heterocycles. The third kappa shape index (κ3) is 5.00. The quantitative estimate of drug-likeness (QED) is 0.653. The van der Waals surface area contributed by atoms with Crippen LogP contribution in [0.3, 0.4) is 0 Å². The summed E-state index contributed by atoms with van der Waals surface area (Å²) in [5.74, 6) is 0.901. The Morgan fingerprint density at radius 3 is 2.83 bits per heavy atom. The van der Waals surface area contributed by atoms with E-state index >= 15 is 0 Å². The minimum absolute atomic E-state index is 0.135. The van der Waals surface area contributed by atoms with E-state index in [4.69, 9.17) is 21.1 Å². The smallest absolute Gasteiger partial charge is 0.277 e. The average molecular weight is 333 g/mol. The van der Waals surface area contributed by atoms with Gasteiger partial charge in [-0.3, -0.25) is 4.79 Å². The molecule has 0 radical (unpaired) electrons. The maximum Gasteiger partial charge on any atom is 0.277 e. The summed E-state index contributed by atoms with van der Waals surface area (Å²) in [6, 6.07) is 12.6. The molecule has 0 aliphatic rings. The van der Waals surface area contributed by atoms with Crippen molar-refractivity contribution in [3.63, 3.8) is 0 Å². The van der Waals surface area contributed by atoms with Crippen molar-refractivity contribution >= 4 is 23.7 Å². The van der Waals surface area contributed by atoms with Gasteiger partial charge in [-0.2, -0.15) is 5.10 Å². The Morgan fingerprint density at radius 1 is 1.30 bits per heavy atom. The SMILES string of the molecule is COc1ccccc1C=NNC(=O)COc1ccc(Cl)c(C)c1. The first-order valence-electron chi connectivity index (χ1n) is 6.94. The fourth-order valence-electron chi connectivity index (χ4n) is 1.84. The van der Waals surface area contributed by atoms with Crippen molar-refractivity contribution < 1.29 is 14.3 Å². The van der Waals surface area contributed by atoms with Crippen molar-refractivity contribution in [3.05, 3.63) is 58.6 Å². The van der Waals surface area contributed by atoms with Crippen molar-refractivity contribution in [2.45, 2.75) is 6.92 Å². The van der Waals surface area contributed by atoms with Crippen LogP contribution >= 0.6 is 11.6 Å². The Balaban J connectivity index is 1.85. The van der Waals surface area contributed by atoms with Crippen LogP contribution < -0.4 is 14.9 Å². The summed E-state index contributed by atoms with van der Waals surface area (Å²) in [4.78, 5) is 11.7. The molecule has 6 heteroatoms. The van der Waals surface area contributed by atoms with Crippen LogP contribution in [0.4, 0.5) is 0 Å². The topological polar surface area (TPSA) is 59.9 Å². The molecule has 2 rings (SSSR count).